The first-order valence-corrected chi connectivity index (χ1v) is 9.87. The molecule has 1 heterocycles. The fourth-order valence-corrected chi connectivity index (χ4v) is 3.27. The summed E-state index contributed by atoms with van der Waals surface area (Å²) in [6.07, 6.45) is 0.945. The number of aryl methyl sites for hydroxylation is 2. The van der Waals surface area contributed by atoms with Gasteiger partial charge in [-0.2, -0.15) is 5.48 Å². The number of rotatable bonds is 5. The van der Waals surface area contributed by atoms with Gasteiger partial charge in [-0.05, 0) is 48.2 Å². The number of hydrogen-bond donors (Lipinski definition) is 2. The van der Waals surface area contributed by atoms with Crippen molar-refractivity contribution < 1.29 is 27.9 Å². The number of aromatic hydroxyl groups is 1. The molecule has 0 spiro atoms. The highest BCUT2D eigenvalue weighted by atomic mass is 32.1. The van der Waals surface area contributed by atoms with Crippen molar-refractivity contribution in [3.63, 3.8) is 0 Å². The molecule has 1 aromatic heterocycles. The number of nitrogens with one attached hydrogen (secondary N) is 1. The number of aromatic nitrogens is 1. The Balaban J connectivity index is 0.000000248. The van der Waals surface area contributed by atoms with E-state index >= 15 is 0 Å². The maximum absolute atomic E-state index is 12.6. The van der Waals surface area contributed by atoms with Gasteiger partial charge in [0, 0.05) is 18.8 Å². The summed E-state index contributed by atoms with van der Waals surface area (Å²) in [6.45, 7) is 3.65. The summed E-state index contributed by atoms with van der Waals surface area (Å²) in [5.74, 6) is -3.87. The molecule has 0 aliphatic carbocycles. The zero-order valence-electron chi connectivity index (χ0n) is 16.6. The van der Waals surface area contributed by atoms with Crippen LogP contribution in [-0.4, -0.2) is 23.1 Å². The van der Waals surface area contributed by atoms with Crippen LogP contribution in [-0.2, 0) is 17.7 Å². The maximum atomic E-state index is 12.6. The molecular weight excluding hydrogens is 417 g/mol. The summed E-state index contributed by atoms with van der Waals surface area (Å²) in [6, 6.07) is 7.39. The van der Waals surface area contributed by atoms with Crippen LogP contribution < -0.4 is 5.48 Å². The number of thiazole rings is 1. The lowest BCUT2D eigenvalue weighted by atomic mass is 10.1. The predicted molar refractivity (Wildman–Crippen MR) is 108 cm³/mol. The fourth-order valence-electron chi connectivity index (χ4n) is 2.48. The second-order valence-electron chi connectivity index (χ2n) is 6.20. The van der Waals surface area contributed by atoms with E-state index in [1.54, 1.807) is 24.4 Å². The van der Waals surface area contributed by atoms with Crippen LogP contribution in [0.5, 0.6) is 5.75 Å². The minimum absolute atomic E-state index is 0.198. The van der Waals surface area contributed by atoms with Gasteiger partial charge in [0.25, 0.3) is 0 Å². The van der Waals surface area contributed by atoms with Crippen LogP contribution in [0.3, 0.4) is 0 Å². The minimum atomic E-state index is -1.38. The van der Waals surface area contributed by atoms with Crippen molar-refractivity contribution in [1.29, 1.82) is 0 Å². The van der Waals surface area contributed by atoms with Gasteiger partial charge < -0.3 is 9.94 Å². The third-order valence-electron chi connectivity index (χ3n) is 4.13. The number of carbonyl (C=O) groups excluding carboxylic acids is 1. The molecule has 5 nitrogen and oxygen atoms in total. The molecule has 0 saturated carbocycles. The van der Waals surface area contributed by atoms with Crippen molar-refractivity contribution in [2.75, 3.05) is 7.05 Å². The van der Waals surface area contributed by atoms with Crippen molar-refractivity contribution >= 4 is 17.3 Å². The first kappa shape index (κ1) is 23.4. The summed E-state index contributed by atoms with van der Waals surface area (Å²) in [4.78, 5) is 20.3. The Bertz CT molecular complexity index is 1020. The number of benzene rings is 2. The molecule has 0 atom stereocenters. The molecule has 30 heavy (non-hydrogen) atoms. The highest BCUT2D eigenvalue weighted by molar-refractivity contribution is 7.09. The Hall–Kier alpha value is -2.91. The Morgan fingerprint density at radius 2 is 1.90 bits per heavy atom. The lowest BCUT2D eigenvalue weighted by molar-refractivity contribution is 0.0303. The van der Waals surface area contributed by atoms with E-state index in [1.807, 2.05) is 13.0 Å². The normalized spacial score (nSPS) is 10.3. The third-order valence-corrected chi connectivity index (χ3v) is 4.97. The standard InChI is InChI=1S/C13H14N2O3S.C8H7F3/c1-8-3-4-10(16)5-9(8)6-12-15-11(7-19-12)13(17)18-14-2;1-2-5-3-4-6(9)8(11)7(5)10/h3-5,7,14,16H,6H2,1-2H3;3-4H,2H2,1H3. The molecule has 0 saturated heterocycles. The zero-order chi connectivity index (χ0) is 22.3. The average molecular weight is 438 g/mol. The predicted octanol–water partition coefficient (Wildman–Crippen LogP) is 4.71. The second kappa shape index (κ2) is 10.7. The number of halogens is 3. The van der Waals surface area contributed by atoms with E-state index in [2.05, 4.69) is 15.3 Å². The molecular formula is C21H21F3N2O3S. The smallest absolute Gasteiger partial charge is 0.376 e. The van der Waals surface area contributed by atoms with Crippen molar-refractivity contribution in [3.05, 3.63) is 80.6 Å². The zero-order valence-corrected chi connectivity index (χ0v) is 17.4. The summed E-state index contributed by atoms with van der Waals surface area (Å²) in [5.41, 5.74) is 4.87. The molecule has 0 fully saturated rings. The van der Waals surface area contributed by atoms with Crippen molar-refractivity contribution in [3.8, 4) is 5.75 Å². The molecule has 0 amide bonds. The summed E-state index contributed by atoms with van der Waals surface area (Å²) in [5, 5.41) is 11.9. The van der Waals surface area contributed by atoms with E-state index in [-0.39, 0.29) is 17.0 Å². The van der Waals surface area contributed by atoms with E-state index in [4.69, 9.17) is 0 Å². The molecule has 2 N–H and O–H groups in total. The molecule has 9 heteroatoms. The van der Waals surface area contributed by atoms with E-state index in [0.29, 0.717) is 12.8 Å². The Morgan fingerprint density at radius 3 is 2.57 bits per heavy atom. The Kier molecular flexibility index (Phi) is 8.37. The van der Waals surface area contributed by atoms with Crippen LogP contribution >= 0.6 is 11.3 Å². The molecule has 3 aromatic rings. The quantitative estimate of drug-likeness (QED) is 0.446. The molecule has 0 aliphatic rings. The van der Waals surface area contributed by atoms with Crippen molar-refractivity contribution in [2.45, 2.75) is 26.7 Å². The summed E-state index contributed by atoms with van der Waals surface area (Å²) in [7, 11) is 1.52. The van der Waals surface area contributed by atoms with Gasteiger partial charge >= 0.3 is 5.97 Å². The minimum Gasteiger partial charge on any atom is -0.508 e. The van der Waals surface area contributed by atoms with Gasteiger partial charge in [-0.1, -0.05) is 19.1 Å². The molecule has 0 bridgehead atoms. The van der Waals surface area contributed by atoms with Crippen LogP contribution in [0.2, 0.25) is 0 Å². The number of phenolic OH excluding ortho intramolecular Hbond substituents is 1. The molecule has 2 aromatic carbocycles. The van der Waals surface area contributed by atoms with E-state index < -0.39 is 23.4 Å². The lowest BCUT2D eigenvalue weighted by Gasteiger charge is -2.04. The maximum Gasteiger partial charge on any atom is 0.376 e. The monoisotopic (exact) mass is 438 g/mol. The Labute approximate surface area is 176 Å². The van der Waals surface area contributed by atoms with Crippen LogP contribution in [0.15, 0.2) is 35.7 Å². The van der Waals surface area contributed by atoms with E-state index in [9.17, 15) is 23.1 Å². The molecule has 0 radical (unpaired) electrons. The molecule has 0 unspecified atom stereocenters. The molecule has 160 valence electrons. The van der Waals surface area contributed by atoms with Crippen molar-refractivity contribution in [2.24, 2.45) is 0 Å². The van der Waals surface area contributed by atoms with Crippen LogP contribution in [0.25, 0.3) is 0 Å². The van der Waals surface area contributed by atoms with E-state index in [1.165, 1.54) is 24.5 Å². The number of nitrogens with zero attached hydrogens (tertiary/aromatic N) is 1. The van der Waals surface area contributed by atoms with Crippen LogP contribution in [0.4, 0.5) is 13.2 Å². The highest BCUT2D eigenvalue weighted by Gasteiger charge is 2.13. The first-order chi connectivity index (χ1) is 14.3. The number of carbonyl (C=O) groups is 1. The molecule has 3 rings (SSSR count). The summed E-state index contributed by atoms with van der Waals surface area (Å²) >= 11 is 1.39. The van der Waals surface area contributed by atoms with Gasteiger partial charge in [-0.15, -0.1) is 11.3 Å². The van der Waals surface area contributed by atoms with Gasteiger partial charge in [-0.3, -0.25) is 0 Å². The topological polar surface area (TPSA) is 71.5 Å². The number of phenols is 1. The SMILES string of the molecule is CCc1ccc(F)c(F)c1F.CNOC(=O)c1csc(Cc2cc(O)ccc2C)n1. The number of hydrogen-bond acceptors (Lipinski definition) is 6. The average Bonchev–Trinajstić information content (AvgIpc) is 3.19. The van der Waals surface area contributed by atoms with Gasteiger partial charge in [0.1, 0.15) is 5.75 Å². The highest BCUT2D eigenvalue weighted by Crippen LogP contribution is 2.21. The van der Waals surface area contributed by atoms with Gasteiger partial charge in [0.15, 0.2) is 23.1 Å². The fraction of sp³-hybridized carbons (Fsp3) is 0.238. The number of hydroxylamine groups is 1. The van der Waals surface area contributed by atoms with Crippen molar-refractivity contribution in [1.82, 2.24) is 10.5 Å². The van der Waals surface area contributed by atoms with Gasteiger partial charge in [-0.25, -0.2) is 22.9 Å². The van der Waals surface area contributed by atoms with E-state index in [0.717, 1.165) is 22.2 Å². The first-order valence-electron chi connectivity index (χ1n) is 9.00. The second-order valence-corrected chi connectivity index (χ2v) is 7.14. The van der Waals surface area contributed by atoms with Crippen LogP contribution in [0.1, 0.15) is 39.1 Å². The lowest BCUT2D eigenvalue weighted by Crippen LogP contribution is -2.15. The van der Waals surface area contributed by atoms with Gasteiger partial charge in [0.2, 0.25) is 0 Å². The summed E-state index contributed by atoms with van der Waals surface area (Å²) < 4.78 is 37.4. The third kappa shape index (κ3) is 6.04. The van der Waals surface area contributed by atoms with Crippen LogP contribution in [0, 0.1) is 24.4 Å². The largest absolute Gasteiger partial charge is 0.508 e. The van der Waals surface area contributed by atoms with Gasteiger partial charge in [0.05, 0.1) is 5.01 Å². The molecule has 0 aliphatic heterocycles. The Morgan fingerprint density at radius 1 is 1.17 bits per heavy atom.